The van der Waals surface area contributed by atoms with E-state index in [4.69, 9.17) is 22.8 Å². The van der Waals surface area contributed by atoms with E-state index in [1.54, 1.807) is 11.8 Å². The maximum absolute atomic E-state index is 12.2. The number of carbonyl (C=O) groups is 2. The molecule has 1 saturated heterocycles. The van der Waals surface area contributed by atoms with Crippen LogP contribution < -0.4 is 0 Å². The molecule has 34 heavy (non-hydrogen) atoms. The van der Waals surface area contributed by atoms with Crippen LogP contribution in [0.2, 0.25) is 6.04 Å². The predicted octanol–water partition coefficient (Wildman–Crippen LogP) is 2.09. The number of thioether (sulfide) groups is 1. The Bertz CT molecular complexity index is 707. The first-order chi connectivity index (χ1) is 16.1. The fourth-order valence-corrected chi connectivity index (χ4v) is 7.45. The minimum atomic E-state index is -4.30. The van der Waals surface area contributed by atoms with E-state index in [1.807, 2.05) is 20.8 Å². The Kier molecular flexibility index (Phi) is 14.6. The van der Waals surface area contributed by atoms with Gasteiger partial charge >= 0.3 is 20.9 Å². The molecule has 1 heterocycles. The van der Waals surface area contributed by atoms with Crippen molar-refractivity contribution in [1.29, 1.82) is 0 Å². The molecule has 2 unspecified atom stereocenters. The first kappa shape index (κ1) is 31.1. The second-order valence-electron chi connectivity index (χ2n) is 7.76. The number of esters is 1. The third kappa shape index (κ3) is 12.2. The van der Waals surface area contributed by atoms with Gasteiger partial charge in [-0.15, -0.1) is 0 Å². The van der Waals surface area contributed by atoms with Crippen LogP contribution in [-0.4, -0.2) is 102 Å². The average Bonchev–Trinajstić information content (AvgIpc) is 3.10. The Hall–Kier alpha value is -0.903. The van der Waals surface area contributed by atoms with E-state index in [2.05, 4.69) is 0 Å². The van der Waals surface area contributed by atoms with Crippen LogP contribution in [0.15, 0.2) is 0 Å². The molecule has 1 aliphatic heterocycles. The van der Waals surface area contributed by atoms with Crippen LogP contribution in [-0.2, 0) is 37.7 Å². The summed E-state index contributed by atoms with van der Waals surface area (Å²) in [4.78, 5) is 25.8. The normalized spacial score (nSPS) is 17.6. The molecule has 0 bridgehead atoms. The minimum Gasteiger partial charge on any atom is -0.748 e. The summed E-state index contributed by atoms with van der Waals surface area (Å²) in [6.07, 6.45) is 0.0327. The van der Waals surface area contributed by atoms with Crippen molar-refractivity contribution in [3.63, 3.8) is 0 Å². The predicted molar refractivity (Wildman–Crippen MR) is 129 cm³/mol. The maximum Gasteiger partial charge on any atom is 0.500 e. The average molecular weight is 545 g/mol. The van der Waals surface area contributed by atoms with Crippen molar-refractivity contribution in [2.45, 2.75) is 52.7 Å². The molecule has 0 N–H and O–H groups in total. The Balaban J connectivity index is 2.33. The van der Waals surface area contributed by atoms with Gasteiger partial charge in [-0.2, -0.15) is 11.8 Å². The summed E-state index contributed by atoms with van der Waals surface area (Å²) in [5.41, 5.74) is 0. The van der Waals surface area contributed by atoms with E-state index in [9.17, 15) is 22.6 Å². The highest BCUT2D eigenvalue weighted by Crippen LogP contribution is 2.22. The van der Waals surface area contributed by atoms with Gasteiger partial charge < -0.3 is 32.2 Å². The Labute approximate surface area is 208 Å². The maximum atomic E-state index is 12.2. The second kappa shape index (κ2) is 16.0. The molecule has 0 aromatic carbocycles. The van der Waals surface area contributed by atoms with Gasteiger partial charge in [-0.05, 0) is 33.6 Å². The van der Waals surface area contributed by atoms with E-state index in [0.717, 1.165) is 0 Å². The van der Waals surface area contributed by atoms with Gasteiger partial charge in [-0.25, -0.2) is 13.2 Å². The first-order valence-electron chi connectivity index (χ1n) is 11.6. The number of ether oxygens (including phenoxy) is 2. The second-order valence-corrected chi connectivity index (χ2v) is 13.1. The van der Waals surface area contributed by atoms with Crippen LogP contribution in [0.1, 0.15) is 40.5 Å². The molecule has 1 fully saturated rings. The molecule has 0 radical (unpaired) electrons. The Morgan fingerprint density at radius 3 is 2.38 bits per heavy atom. The van der Waals surface area contributed by atoms with Crippen LogP contribution in [0.3, 0.4) is 0 Å². The molecule has 2 atom stereocenters. The van der Waals surface area contributed by atoms with Gasteiger partial charge in [0.05, 0.1) is 29.2 Å². The Morgan fingerprint density at radius 1 is 1.21 bits per heavy atom. The lowest BCUT2D eigenvalue weighted by atomic mass is 10.2. The standard InChI is InChI=1S/C20H39NO10S2Si/c1-5-28-34(29-6-2,30-7-3)13-8-10-21-14-18(31-20(21)23)16-32-15-17(4)19(22)27-11-9-12-33(24,25)26/h17-18H,5-16H2,1-4H3,(H,24,25,26)/p-1. The van der Waals surface area contributed by atoms with Crippen molar-refractivity contribution in [3.05, 3.63) is 0 Å². The molecule has 1 aliphatic rings. The lowest BCUT2D eigenvalue weighted by Crippen LogP contribution is -2.46. The molecule has 11 nitrogen and oxygen atoms in total. The number of hydrogen-bond acceptors (Lipinski definition) is 11. The van der Waals surface area contributed by atoms with E-state index in [-0.39, 0.29) is 25.2 Å². The molecule has 14 heteroatoms. The topological polar surface area (TPSA) is 141 Å². The highest BCUT2D eigenvalue weighted by molar-refractivity contribution is 7.99. The lowest BCUT2D eigenvalue weighted by molar-refractivity contribution is -0.147. The molecule has 1 amide bonds. The minimum absolute atomic E-state index is 0.0192. The number of cyclic esters (lactones) is 1. The first-order valence-corrected chi connectivity index (χ1v) is 16.3. The summed E-state index contributed by atoms with van der Waals surface area (Å²) < 4.78 is 59.6. The largest absolute Gasteiger partial charge is 0.748 e. The Morgan fingerprint density at radius 2 is 1.82 bits per heavy atom. The lowest BCUT2D eigenvalue weighted by Gasteiger charge is -2.28. The van der Waals surface area contributed by atoms with E-state index in [1.165, 1.54) is 11.8 Å². The van der Waals surface area contributed by atoms with Gasteiger partial charge in [-0.1, -0.05) is 6.92 Å². The summed E-state index contributed by atoms with van der Waals surface area (Å²) in [5, 5.41) is 0. The molecular weight excluding hydrogens is 506 g/mol. The number of carbonyl (C=O) groups excluding carboxylic acids is 2. The summed E-state index contributed by atoms with van der Waals surface area (Å²) in [6, 6.07) is 0.617. The van der Waals surface area contributed by atoms with Crippen molar-refractivity contribution >= 4 is 42.7 Å². The van der Waals surface area contributed by atoms with Crippen molar-refractivity contribution in [2.75, 3.05) is 56.8 Å². The third-order valence-corrected chi connectivity index (χ3v) is 10.1. The molecule has 0 spiro atoms. The SMILES string of the molecule is CCO[Si](CCCN1CC(CSCC(C)C(=O)OCCCS(=O)(=O)[O-])OC1=O)(OCC)OCC. The van der Waals surface area contributed by atoms with E-state index >= 15 is 0 Å². The van der Waals surface area contributed by atoms with Gasteiger partial charge in [0.15, 0.2) is 0 Å². The molecule has 0 aromatic heterocycles. The molecule has 0 saturated carbocycles. The number of rotatable bonds is 19. The number of hydrogen-bond donors (Lipinski definition) is 0. The fourth-order valence-electron chi connectivity index (χ4n) is 3.33. The molecule has 0 aromatic rings. The molecule has 0 aliphatic carbocycles. The van der Waals surface area contributed by atoms with Crippen LogP contribution in [0.25, 0.3) is 0 Å². The van der Waals surface area contributed by atoms with Crippen LogP contribution in [0.4, 0.5) is 4.79 Å². The zero-order valence-electron chi connectivity index (χ0n) is 20.5. The quantitative estimate of drug-likeness (QED) is 0.102. The summed E-state index contributed by atoms with van der Waals surface area (Å²) in [5.74, 6) is -0.400. The number of amides is 1. The molecule has 1 rings (SSSR count). The van der Waals surface area contributed by atoms with Crippen LogP contribution >= 0.6 is 11.8 Å². The van der Waals surface area contributed by atoms with Gasteiger partial charge in [-0.3, -0.25) is 4.79 Å². The van der Waals surface area contributed by atoms with Crippen molar-refractivity contribution in [2.24, 2.45) is 5.92 Å². The van der Waals surface area contributed by atoms with Gasteiger partial charge in [0.25, 0.3) is 0 Å². The highest BCUT2D eigenvalue weighted by Gasteiger charge is 2.40. The summed E-state index contributed by atoms with van der Waals surface area (Å²) in [7, 11) is -7.05. The monoisotopic (exact) mass is 544 g/mol. The molecular formula is C20H38NO10S2Si-. The van der Waals surface area contributed by atoms with Gasteiger partial charge in [0.2, 0.25) is 0 Å². The van der Waals surface area contributed by atoms with Crippen LogP contribution in [0, 0.1) is 5.92 Å². The van der Waals surface area contributed by atoms with E-state index in [0.29, 0.717) is 56.9 Å². The van der Waals surface area contributed by atoms with Crippen molar-refractivity contribution < 1.29 is 45.3 Å². The summed E-state index contributed by atoms with van der Waals surface area (Å²) >= 11 is 1.48. The van der Waals surface area contributed by atoms with Crippen LogP contribution in [0.5, 0.6) is 0 Å². The number of nitrogens with zero attached hydrogens (tertiary/aromatic N) is 1. The van der Waals surface area contributed by atoms with Gasteiger partial charge in [0.1, 0.15) is 6.10 Å². The fraction of sp³-hybridized carbons (Fsp3) is 0.900. The highest BCUT2D eigenvalue weighted by atomic mass is 32.2. The summed E-state index contributed by atoms with van der Waals surface area (Å²) in [6.45, 7) is 9.82. The van der Waals surface area contributed by atoms with Crippen molar-refractivity contribution in [3.8, 4) is 0 Å². The van der Waals surface area contributed by atoms with Crippen molar-refractivity contribution in [1.82, 2.24) is 4.90 Å². The van der Waals surface area contributed by atoms with Gasteiger partial charge in [0, 0.05) is 49.7 Å². The third-order valence-electron chi connectivity index (χ3n) is 4.81. The zero-order chi connectivity index (χ0) is 25.6. The van der Waals surface area contributed by atoms with E-state index < -0.39 is 36.6 Å². The molecule has 200 valence electrons. The smallest absolute Gasteiger partial charge is 0.500 e. The zero-order valence-corrected chi connectivity index (χ0v) is 23.1.